The van der Waals surface area contributed by atoms with Gasteiger partial charge in [-0.2, -0.15) is 0 Å². The summed E-state index contributed by atoms with van der Waals surface area (Å²) in [5.41, 5.74) is 6.00. The number of rotatable bonds is 2. The molecule has 8 heteroatoms. The van der Waals surface area contributed by atoms with E-state index in [1.165, 1.54) is 0 Å². The van der Waals surface area contributed by atoms with Crippen molar-refractivity contribution < 1.29 is 4.79 Å². The van der Waals surface area contributed by atoms with Crippen molar-refractivity contribution in [1.82, 2.24) is 14.9 Å². The van der Waals surface area contributed by atoms with Crippen molar-refractivity contribution in [3.63, 3.8) is 0 Å². The first-order chi connectivity index (χ1) is 10.2. The van der Waals surface area contributed by atoms with Crippen LogP contribution in [0, 0.1) is 5.92 Å². The lowest BCUT2D eigenvalue weighted by Crippen LogP contribution is -2.51. The van der Waals surface area contributed by atoms with E-state index in [0.29, 0.717) is 5.91 Å². The van der Waals surface area contributed by atoms with Crippen LogP contribution in [0.2, 0.25) is 0 Å². The number of hydrogen-bond donors (Lipinski definition) is 1. The van der Waals surface area contributed by atoms with Crippen molar-refractivity contribution >= 4 is 36.7 Å². The minimum absolute atomic E-state index is 0. The van der Waals surface area contributed by atoms with Gasteiger partial charge < -0.3 is 15.5 Å². The molecule has 6 nitrogen and oxygen atoms in total. The highest BCUT2D eigenvalue weighted by molar-refractivity contribution is 5.85. The molecule has 1 aromatic rings. The second kappa shape index (κ2) is 9.25. The third-order valence-electron chi connectivity index (χ3n) is 4.49. The molecule has 1 amide bonds. The van der Waals surface area contributed by atoms with Crippen LogP contribution in [0.15, 0.2) is 18.5 Å². The zero-order valence-electron chi connectivity index (χ0n) is 13.1. The predicted octanol–water partition coefficient (Wildman–Crippen LogP) is 1.49. The SMILES string of the molecule is Cl.Cl.NC1CCCC(C(=O)N2CCN(c3ncccn3)CC2)C1. The maximum atomic E-state index is 12.6. The second-order valence-corrected chi connectivity index (χ2v) is 5.98. The quantitative estimate of drug-likeness (QED) is 0.863. The Morgan fingerprint density at radius 1 is 1.09 bits per heavy atom. The van der Waals surface area contributed by atoms with Crippen molar-refractivity contribution in [3.05, 3.63) is 18.5 Å². The van der Waals surface area contributed by atoms with E-state index in [4.69, 9.17) is 5.73 Å². The first-order valence-electron chi connectivity index (χ1n) is 7.80. The van der Waals surface area contributed by atoms with Gasteiger partial charge in [-0.3, -0.25) is 4.79 Å². The Morgan fingerprint density at radius 2 is 1.74 bits per heavy atom. The number of hydrogen-bond acceptors (Lipinski definition) is 5. The third kappa shape index (κ3) is 4.93. The smallest absolute Gasteiger partial charge is 0.225 e. The third-order valence-corrected chi connectivity index (χ3v) is 4.49. The molecule has 2 atom stereocenters. The molecule has 1 aromatic heterocycles. The number of piperazine rings is 1. The van der Waals surface area contributed by atoms with Crippen LogP contribution >= 0.6 is 24.8 Å². The molecule has 3 rings (SSSR count). The van der Waals surface area contributed by atoms with Crippen LogP contribution in [0.3, 0.4) is 0 Å². The average molecular weight is 362 g/mol. The van der Waals surface area contributed by atoms with Crippen molar-refractivity contribution in [2.45, 2.75) is 31.7 Å². The van der Waals surface area contributed by atoms with Crippen LogP contribution in [-0.2, 0) is 4.79 Å². The number of nitrogens with zero attached hydrogens (tertiary/aromatic N) is 4. The maximum Gasteiger partial charge on any atom is 0.225 e. The molecule has 23 heavy (non-hydrogen) atoms. The summed E-state index contributed by atoms with van der Waals surface area (Å²) in [6.07, 6.45) is 7.49. The zero-order valence-corrected chi connectivity index (χ0v) is 14.8. The van der Waals surface area contributed by atoms with Crippen LogP contribution in [0.25, 0.3) is 0 Å². The van der Waals surface area contributed by atoms with Crippen LogP contribution in [-0.4, -0.2) is 53.0 Å². The van der Waals surface area contributed by atoms with E-state index in [0.717, 1.165) is 57.8 Å². The number of nitrogens with two attached hydrogens (primary N) is 1. The monoisotopic (exact) mass is 361 g/mol. The van der Waals surface area contributed by atoms with Crippen LogP contribution < -0.4 is 10.6 Å². The van der Waals surface area contributed by atoms with Crippen molar-refractivity contribution in [2.75, 3.05) is 31.1 Å². The van der Waals surface area contributed by atoms with Crippen molar-refractivity contribution in [1.29, 1.82) is 0 Å². The number of anilines is 1. The maximum absolute atomic E-state index is 12.6. The summed E-state index contributed by atoms with van der Waals surface area (Å²) in [6.45, 7) is 3.11. The molecule has 0 aromatic carbocycles. The van der Waals surface area contributed by atoms with Gasteiger partial charge in [0.25, 0.3) is 0 Å². The molecule has 2 heterocycles. The van der Waals surface area contributed by atoms with E-state index < -0.39 is 0 Å². The van der Waals surface area contributed by atoms with Crippen molar-refractivity contribution in [2.24, 2.45) is 11.7 Å². The standard InChI is InChI=1S/C15H23N5O.2ClH/c16-13-4-1-3-12(11-13)14(21)19-7-9-20(10-8-19)15-17-5-2-6-18-15;;/h2,5-6,12-13H,1,3-4,7-11,16H2;2*1H. The number of aromatic nitrogens is 2. The molecule has 0 radical (unpaired) electrons. The molecule has 2 unspecified atom stereocenters. The predicted molar refractivity (Wildman–Crippen MR) is 95.3 cm³/mol. The fourth-order valence-corrected chi connectivity index (χ4v) is 3.29. The Hall–Kier alpha value is -1.11. The molecule has 0 spiro atoms. The van der Waals surface area contributed by atoms with Gasteiger partial charge in [-0.25, -0.2) is 9.97 Å². The van der Waals surface area contributed by atoms with E-state index in [1.807, 2.05) is 11.0 Å². The van der Waals surface area contributed by atoms with Gasteiger partial charge in [0.2, 0.25) is 11.9 Å². The summed E-state index contributed by atoms with van der Waals surface area (Å²) in [5, 5.41) is 0. The van der Waals surface area contributed by atoms with Crippen LogP contribution in [0.5, 0.6) is 0 Å². The highest BCUT2D eigenvalue weighted by Crippen LogP contribution is 2.25. The van der Waals surface area contributed by atoms with E-state index in [-0.39, 0.29) is 36.8 Å². The molecule has 2 fully saturated rings. The molecule has 2 N–H and O–H groups in total. The molecule has 1 saturated heterocycles. The summed E-state index contributed by atoms with van der Waals surface area (Å²) < 4.78 is 0. The van der Waals surface area contributed by atoms with Gasteiger partial charge in [0.05, 0.1) is 0 Å². The van der Waals surface area contributed by atoms with Gasteiger partial charge in [-0.1, -0.05) is 6.42 Å². The van der Waals surface area contributed by atoms with Gasteiger partial charge in [0.15, 0.2) is 0 Å². The summed E-state index contributed by atoms with van der Waals surface area (Å²) in [4.78, 5) is 25.2. The second-order valence-electron chi connectivity index (χ2n) is 5.98. The summed E-state index contributed by atoms with van der Waals surface area (Å²) >= 11 is 0. The van der Waals surface area contributed by atoms with Gasteiger partial charge in [0.1, 0.15) is 0 Å². The minimum atomic E-state index is 0. The highest BCUT2D eigenvalue weighted by Gasteiger charge is 2.31. The van der Waals surface area contributed by atoms with E-state index in [1.54, 1.807) is 12.4 Å². The molecule has 2 aliphatic rings. The van der Waals surface area contributed by atoms with Crippen LogP contribution in [0.1, 0.15) is 25.7 Å². The first kappa shape index (κ1) is 19.9. The molecular formula is C15H25Cl2N5O. The number of carbonyl (C=O) groups is 1. The summed E-state index contributed by atoms with van der Waals surface area (Å²) in [7, 11) is 0. The molecule has 0 bridgehead atoms. The summed E-state index contributed by atoms with van der Waals surface area (Å²) in [6, 6.07) is 2.02. The van der Waals surface area contributed by atoms with E-state index in [9.17, 15) is 4.79 Å². The normalized spacial score (nSPS) is 24.4. The Bertz CT molecular complexity index is 482. The largest absolute Gasteiger partial charge is 0.339 e. The lowest BCUT2D eigenvalue weighted by atomic mass is 9.85. The topological polar surface area (TPSA) is 75.4 Å². The van der Waals surface area contributed by atoms with Crippen molar-refractivity contribution in [3.8, 4) is 0 Å². The Labute approximate surface area is 149 Å². The average Bonchev–Trinajstić information content (AvgIpc) is 2.55. The fraction of sp³-hybridized carbons (Fsp3) is 0.667. The Kier molecular flexibility index (Phi) is 8.02. The van der Waals surface area contributed by atoms with E-state index >= 15 is 0 Å². The van der Waals surface area contributed by atoms with E-state index in [2.05, 4.69) is 14.9 Å². The van der Waals surface area contributed by atoms with Gasteiger partial charge in [-0.05, 0) is 25.3 Å². The molecule has 1 aliphatic heterocycles. The zero-order chi connectivity index (χ0) is 14.7. The first-order valence-corrected chi connectivity index (χ1v) is 7.80. The fourth-order valence-electron chi connectivity index (χ4n) is 3.29. The summed E-state index contributed by atoms with van der Waals surface area (Å²) in [5.74, 6) is 1.18. The number of halogens is 2. The molecular weight excluding hydrogens is 337 g/mol. The Balaban J connectivity index is 0.00000132. The molecule has 1 saturated carbocycles. The Morgan fingerprint density at radius 3 is 2.35 bits per heavy atom. The minimum Gasteiger partial charge on any atom is -0.339 e. The molecule has 130 valence electrons. The lowest BCUT2D eigenvalue weighted by molar-refractivity contribution is -0.137. The van der Waals surface area contributed by atoms with Gasteiger partial charge in [-0.15, -0.1) is 24.8 Å². The highest BCUT2D eigenvalue weighted by atomic mass is 35.5. The number of amides is 1. The van der Waals surface area contributed by atoms with Gasteiger partial charge in [0, 0.05) is 50.5 Å². The van der Waals surface area contributed by atoms with Crippen LogP contribution in [0.4, 0.5) is 5.95 Å². The van der Waals surface area contributed by atoms with Gasteiger partial charge >= 0.3 is 0 Å². The lowest BCUT2D eigenvalue weighted by Gasteiger charge is -2.37. The number of carbonyl (C=O) groups excluding carboxylic acids is 1. The molecule has 1 aliphatic carbocycles.